The van der Waals surface area contributed by atoms with Crippen molar-refractivity contribution in [3.63, 3.8) is 0 Å². The minimum atomic E-state index is -0.517. The Hall–Kier alpha value is -2.76. The van der Waals surface area contributed by atoms with Gasteiger partial charge in [-0.1, -0.05) is 6.07 Å². The zero-order chi connectivity index (χ0) is 13.4. The minimum absolute atomic E-state index is 0.341. The summed E-state index contributed by atoms with van der Waals surface area (Å²) >= 11 is 0. The largest absolute Gasteiger partial charge is 0.365 e. The van der Waals surface area contributed by atoms with Crippen molar-refractivity contribution in [2.75, 3.05) is 5.32 Å². The van der Waals surface area contributed by atoms with Gasteiger partial charge in [0.1, 0.15) is 11.4 Å². The number of fused-ring (bicyclic) bond motifs is 1. The molecule has 4 N–H and O–H groups in total. The second-order valence-corrected chi connectivity index (χ2v) is 4.31. The number of aromatic amines is 1. The van der Waals surface area contributed by atoms with E-state index in [0.717, 1.165) is 16.6 Å². The summed E-state index contributed by atoms with van der Waals surface area (Å²) in [7, 11) is 1.98. The van der Waals surface area contributed by atoms with Crippen LogP contribution in [0.2, 0.25) is 0 Å². The molecule has 0 saturated carbocycles. The van der Waals surface area contributed by atoms with E-state index in [1.165, 1.54) is 6.20 Å². The molecule has 3 aromatic rings. The fourth-order valence-electron chi connectivity index (χ4n) is 2.11. The summed E-state index contributed by atoms with van der Waals surface area (Å²) in [6.07, 6.45) is 3.40. The van der Waals surface area contributed by atoms with Gasteiger partial charge in [-0.15, -0.1) is 0 Å². The average molecular weight is 255 g/mol. The Bertz CT molecular complexity index is 755. The first kappa shape index (κ1) is 11.3. The van der Waals surface area contributed by atoms with Crippen molar-refractivity contribution in [2.45, 2.75) is 0 Å². The lowest BCUT2D eigenvalue weighted by molar-refractivity contribution is 0.100. The molecule has 0 atom stereocenters. The van der Waals surface area contributed by atoms with E-state index in [9.17, 15) is 4.79 Å². The molecule has 2 aromatic heterocycles. The lowest BCUT2D eigenvalue weighted by Crippen LogP contribution is -2.12. The van der Waals surface area contributed by atoms with Crippen molar-refractivity contribution < 1.29 is 4.79 Å². The number of nitrogens with zero attached hydrogens (tertiary/aromatic N) is 2. The topological polar surface area (TPSA) is 88.7 Å². The van der Waals surface area contributed by atoms with Crippen LogP contribution >= 0.6 is 0 Å². The van der Waals surface area contributed by atoms with E-state index in [1.807, 2.05) is 42.1 Å². The average Bonchev–Trinajstić information content (AvgIpc) is 2.98. The number of nitrogens with two attached hydrogens (primary N) is 1. The van der Waals surface area contributed by atoms with E-state index < -0.39 is 5.91 Å². The molecule has 1 amide bonds. The van der Waals surface area contributed by atoms with Crippen LogP contribution in [-0.4, -0.2) is 20.7 Å². The van der Waals surface area contributed by atoms with Gasteiger partial charge in [-0.05, 0) is 18.2 Å². The third-order valence-electron chi connectivity index (χ3n) is 3.09. The molecule has 0 radical (unpaired) electrons. The van der Waals surface area contributed by atoms with Gasteiger partial charge < -0.3 is 15.6 Å². The number of amides is 1. The fraction of sp³-hybridized carbons (Fsp3) is 0.0769. The smallest absolute Gasteiger partial charge is 0.254 e. The number of carbonyl (C=O) groups is 1. The van der Waals surface area contributed by atoms with Crippen LogP contribution in [0.4, 0.5) is 11.5 Å². The van der Waals surface area contributed by atoms with Gasteiger partial charge in [0, 0.05) is 29.8 Å². The fourth-order valence-corrected chi connectivity index (χ4v) is 2.11. The summed E-state index contributed by atoms with van der Waals surface area (Å²) in [5.41, 5.74) is 7.62. The summed E-state index contributed by atoms with van der Waals surface area (Å²) < 4.78 is 2.03. The highest BCUT2D eigenvalue weighted by Gasteiger charge is 2.12. The summed E-state index contributed by atoms with van der Waals surface area (Å²) in [5.74, 6) is -0.0136. The van der Waals surface area contributed by atoms with Crippen LogP contribution < -0.4 is 11.1 Å². The molecule has 0 bridgehead atoms. The highest BCUT2D eigenvalue weighted by atomic mass is 16.1. The van der Waals surface area contributed by atoms with E-state index in [-0.39, 0.29) is 0 Å². The molecule has 0 aliphatic carbocycles. The van der Waals surface area contributed by atoms with E-state index in [2.05, 4.69) is 15.5 Å². The predicted molar refractivity (Wildman–Crippen MR) is 73.3 cm³/mol. The van der Waals surface area contributed by atoms with Gasteiger partial charge in [-0.2, -0.15) is 5.10 Å². The summed E-state index contributed by atoms with van der Waals surface area (Å²) in [6, 6.07) is 7.93. The number of aryl methyl sites for hydroxylation is 1. The van der Waals surface area contributed by atoms with E-state index in [1.54, 1.807) is 0 Å². The molecule has 96 valence electrons. The normalized spacial score (nSPS) is 10.8. The number of nitrogens with one attached hydrogen (secondary N) is 2. The number of aromatic nitrogens is 3. The van der Waals surface area contributed by atoms with E-state index in [4.69, 9.17) is 5.73 Å². The number of benzene rings is 1. The van der Waals surface area contributed by atoms with E-state index in [0.29, 0.717) is 11.4 Å². The van der Waals surface area contributed by atoms with Crippen LogP contribution in [0.15, 0.2) is 36.7 Å². The molecular weight excluding hydrogens is 242 g/mol. The Morgan fingerprint density at radius 2 is 2.26 bits per heavy atom. The highest BCUT2D eigenvalue weighted by Crippen LogP contribution is 2.27. The molecule has 0 spiro atoms. The van der Waals surface area contributed by atoms with Crippen molar-refractivity contribution in [1.29, 1.82) is 0 Å². The van der Waals surface area contributed by atoms with Gasteiger partial charge in [0.2, 0.25) is 0 Å². The Morgan fingerprint density at radius 1 is 1.42 bits per heavy atom. The summed E-state index contributed by atoms with van der Waals surface area (Å²) in [5, 5.41) is 10.8. The van der Waals surface area contributed by atoms with Crippen molar-refractivity contribution in [3.05, 3.63) is 42.2 Å². The first-order valence-corrected chi connectivity index (χ1v) is 5.81. The molecule has 0 saturated heterocycles. The molecule has 3 rings (SSSR count). The Kier molecular flexibility index (Phi) is 2.49. The van der Waals surface area contributed by atoms with Crippen molar-refractivity contribution >= 4 is 28.3 Å². The van der Waals surface area contributed by atoms with Gasteiger partial charge in [-0.3, -0.25) is 9.89 Å². The zero-order valence-electron chi connectivity index (χ0n) is 10.3. The number of carbonyl (C=O) groups excluding carboxylic acids is 1. The monoisotopic (exact) mass is 255 g/mol. The zero-order valence-corrected chi connectivity index (χ0v) is 10.3. The Labute approximate surface area is 109 Å². The molecule has 1 aromatic carbocycles. The molecule has 0 aliphatic rings. The van der Waals surface area contributed by atoms with Crippen LogP contribution in [0.1, 0.15) is 10.4 Å². The van der Waals surface area contributed by atoms with Gasteiger partial charge >= 0.3 is 0 Å². The minimum Gasteiger partial charge on any atom is -0.365 e. The SMILES string of the molecule is Cn1ccc2c(Nc3[nH]ncc3C(N)=O)cccc21. The predicted octanol–water partition coefficient (Wildman–Crippen LogP) is 1.74. The molecule has 0 aliphatic heterocycles. The molecular formula is C13H13N5O. The van der Waals surface area contributed by atoms with Crippen molar-refractivity contribution in [1.82, 2.24) is 14.8 Å². The first-order valence-electron chi connectivity index (χ1n) is 5.81. The number of H-pyrrole nitrogens is 1. The molecule has 6 nitrogen and oxygen atoms in total. The summed E-state index contributed by atoms with van der Waals surface area (Å²) in [4.78, 5) is 11.3. The Morgan fingerprint density at radius 3 is 3.05 bits per heavy atom. The second-order valence-electron chi connectivity index (χ2n) is 4.31. The van der Waals surface area contributed by atoms with Gasteiger partial charge in [0.15, 0.2) is 0 Å². The number of hydrogen-bond acceptors (Lipinski definition) is 3. The number of hydrogen-bond donors (Lipinski definition) is 3. The van der Waals surface area contributed by atoms with Gasteiger partial charge in [0.05, 0.1) is 6.20 Å². The molecule has 0 unspecified atom stereocenters. The van der Waals surface area contributed by atoms with Crippen LogP contribution in [0.5, 0.6) is 0 Å². The van der Waals surface area contributed by atoms with Crippen LogP contribution in [-0.2, 0) is 7.05 Å². The van der Waals surface area contributed by atoms with Gasteiger partial charge in [-0.25, -0.2) is 0 Å². The Balaban J connectivity index is 2.06. The number of rotatable bonds is 3. The van der Waals surface area contributed by atoms with Crippen LogP contribution in [0.25, 0.3) is 10.9 Å². The lowest BCUT2D eigenvalue weighted by atomic mass is 10.2. The highest BCUT2D eigenvalue weighted by molar-refractivity contribution is 6.00. The maximum Gasteiger partial charge on any atom is 0.254 e. The number of primary amides is 1. The third kappa shape index (κ3) is 1.83. The second kappa shape index (κ2) is 4.16. The van der Waals surface area contributed by atoms with Crippen molar-refractivity contribution in [3.8, 4) is 0 Å². The first-order chi connectivity index (χ1) is 9.16. The lowest BCUT2D eigenvalue weighted by Gasteiger charge is -2.07. The van der Waals surface area contributed by atoms with Crippen LogP contribution in [0, 0.1) is 0 Å². The standard InChI is InChI=1S/C13H13N5O/c1-18-6-5-8-10(3-2-4-11(8)18)16-13-9(12(14)19)7-15-17-13/h2-7H,1H3,(H2,14,19)(H2,15,16,17). The maximum atomic E-state index is 11.3. The van der Waals surface area contributed by atoms with Gasteiger partial charge in [0.25, 0.3) is 5.91 Å². The van der Waals surface area contributed by atoms with E-state index >= 15 is 0 Å². The maximum absolute atomic E-state index is 11.3. The third-order valence-corrected chi connectivity index (χ3v) is 3.09. The van der Waals surface area contributed by atoms with Crippen LogP contribution in [0.3, 0.4) is 0 Å². The molecule has 2 heterocycles. The number of anilines is 2. The molecule has 19 heavy (non-hydrogen) atoms. The molecule has 0 fully saturated rings. The summed E-state index contributed by atoms with van der Waals surface area (Å²) in [6.45, 7) is 0. The molecule has 6 heteroatoms. The van der Waals surface area contributed by atoms with Crippen molar-refractivity contribution in [2.24, 2.45) is 12.8 Å². The quantitative estimate of drug-likeness (QED) is 0.666.